The quantitative estimate of drug-likeness (QED) is 0.353. The minimum Gasteiger partial charge on any atom is -0.402 e. The van der Waals surface area contributed by atoms with Crippen molar-refractivity contribution < 1.29 is 19.8 Å². The summed E-state index contributed by atoms with van der Waals surface area (Å²) >= 11 is 0. The lowest BCUT2D eigenvalue weighted by Gasteiger charge is -2.24. The van der Waals surface area contributed by atoms with E-state index >= 15 is 0 Å². The van der Waals surface area contributed by atoms with Crippen LogP contribution in [0.1, 0.15) is 27.2 Å². The number of nitrogens with two attached hydrogens (primary N) is 3. The Bertz CT molecular complexity index is 378. The maximum absolute atomic E-state index is 8.79. The molecule has 1 aromatic rings. The van der Waals surface area contributed by atoms with E-state index in [9.17, 15) is 0 Å². The van der Waals surface area contributed by atoms with Gasteiger partial charge in [0.15, 0.2) is 0 Å². The van der Waals surface area contributed by atoms with Crippen molar-refractivity contribution in [2.24, 2.45) is 5.41 Å². The van der Waals surface area contributed by atoms with E-state index in [1.807, 2.05) is 20.8 Å². The largest absolute Gasteiger partial charge is 0.634 e. The highest BCUT2D eigenvalue weighted by molar-refractivity contribution is 6.32. The maximum atomic E-state index is 8.79. The lowest BCUT2D eigenvalue weighted by atomic mass is 9.89. The predicted octanol–water partition coefficient (Wildman–Crippen LogP) is -1.61. The van der Waals surface area contributed by atoms with E-state index in [2.05, 4.69) is 19.6 Å². The average molecular weight is 302 g/mol. The monoisotopic (exact) mass is 302 g/mol. The molecule has 1 atom stereocenters. The van der Waals surface area contributed by atoms with Crippen molar-refractivity contribution in [1.29, 1.82) is 0 Å². The van der Waals surface area contributed by atoms with Crippen LogP contribution in [0.4, 0.5) is 17.8 Å². The summed E-state index contributed by atoms with van der Waals surface area (Å²) in [6, 6.07) is 0. The van der Waals surface area contributed by atoms with Crippen LogP contribution in [0.2, 0.25) is 0 Å². The van der Waals surface area contributed by atoms with E-state index in [-0.39, 0.29) is 29.9 Å². The van der Waals surface area contributed by atoms with Gasteiger partial charge in [0.25, 0.3) is 0 Å². The molecule has 0 saturated carbocycles. The molecule has 0 saturated heterocycles. The summed E-state index contributed by atoms with van der Waals surface area (Å²) in [7, 11) is -1.80. The number of rotatable bonds is 4. The zero-order chi connectivity index (χ0) is 16.6. The van der Waals surface area contributed by atoms with Crippen LogP contribution >= 0.6 is 0 Å². The fourth-order valence-electron chi connectivity index (χ4n) is 1.44. The van der Waals surface area contributed by atoms with Crippen LogP contribution in [0.5, 0.6) is 0 Å². The number of aromatic nitrogens is 3. The number of hydrogen-bond donors (Lipinski definition) is 6. The van der Waals surface area contributed by atoms with Crippen LogP contribution < -0.4 is 17.2 Å². The van der Waals surface area contributed by atoms with Crippen molar-refractivity contribution in [2.75, 3.05) is 23.8 Å². The van der Waals surface area contributed by atoms with E-state index in [1.54, 1.807) is 0 Å². The van der Waals surface area contributed by atoms with Crippen LogP contribution in [-0.4, -0.2) is 50.1 Å². The zero-order valence-corrected chi connectivity index (χ0v) is 12.4. The predicted molar refractivity (Wildman–Crippen MR) is 79.3 cm³/mol. The van der Waals surface area contributed by atoms with Gasteiger partial charge in [-0.1, -0.05) is 20.8 Å². The first-order chi connectivity index (χ1) is 9.53. The second-order valence-corrected chi connectivity index (χ2v) is 5.44. The lowest BCUT2D eigenvalue weighted by molar-refractivity contribution is 0.0416. The summed E-state index contributed by atoms with van der Waals surface area (Å²) in [6.45, 7) is 5.77. The summed E-state index contributed by atoms with van der Waals surface area (Å²) in [6.07, 6.45) is 0.0752. The number of nitrogens with zero attached hydrogens (tertiary/aromatic N) is 3. The minimum absolute atomic E-state index is 0.00227. The SMILES string of the molecule is CC(C)(C)CC(CO)OB(O)O.Nc1nc(N)nc(N)n1. The highest BCUT2D eigenvalue weighted by atomic mass is 16.6. The number of aliphatic hydroxyl groups excluding tert-OH is 1. The van der Waals surface area contributed by atoms with Crippen molar-refractivity contribution in [1.82, 2.24) is 15.0 Å². The molecular weight excluding hydrogens is 279 g/mol. The number of aliphatic hydroxyl groups is 1. The molecule has 0 aromatic carbocycles. The Hall–Kier alpha value is -1.69. The molecule has 1 rings (SSSR count). The molecule has 0 aliphatic rings. The van der Waals surface area contributed by atoms with E-state index in [0.29, 0.717) is 6.42 Å². The molecule has 0 fully saturated rings. The normalized spacial score (nSPS) is 12.3. The van der Waals surface area contributed by atoms with Crippen molar-refractivity contribution >= 4 is 25.2 Å². The number of anilines is 3. The number of hydrogen-bond acceptors (Lipinski definition) is 10. The molecule has 21 heavy (non-hydrogen) atoms. The van der Waals surface area contributed by atoms with Crippen LogP contribution in [0, 0.1) is 5.41 Å². The topological polar surface area (TPSA) is 187 Å². The molecule has 11 heteroatoms. The molecule has 0 amide bonds. The van der Waals surface area contributed by atoms with E-state index < -0.39 is 13.4 Å². The summed E-state index contributed by atoms with van der Waals surface area (Å²) in [5.74, 6) is 0.125. The molecule has 1 unspecified atom stereocenters. The molecule has 0 aliphatic carbocycles. The minimum atomic E-state index is -1.80. The third kappa shape index (κ3) is 10.7. The van der Waals surface area contributed by atoms with Gasteiger partial charge in [0.05, 0.1) is 12.7 Å². The molecule has 9 N–H and O–H groups in total. The molecule has 1 heterocycles. The van der Waals surface area contributed by atoms with Gasteiger partial charge >= 0.3 is 7.32 Å². The van der Waals surface area contributed by atoms with Crippen LogP contribution in [0.15, 0.2) is 0 Å². The Morgan fingerprint density at radius 3 is 1.67 bits per heavy atom. The Kier molecular flexibility index (Phi) is 7.88. The fourth-order valence-corrected chi connectivity index (χ4v) is 1.44. The average Bonchev–Trinajstić information content (AvgIpc) is 2.24. The third-order valence-electron chi connectivity index (χ3n) is 2.05. The van der Waals surface area contributed by atoms with Crippen molar-refractivity contribution in [3.05, 3.63) is 0 Å². The van der Waals surface area contributed by atoms with Gasteiger partial charge in [-0.15, -0.1) is 0 Å². The summed E-state index contributed by atoms with van der Waals surface area (Å²) < 4.78 is 4.64. The molecule has 120 valence electrons. The highest BCUT2D eigenvalue weighted by Gasteiger charge is 2.22. The maximum Gasteiger partial charge on any atom is 0.634 e. The third-order valence-corrected chi connectivity index (χ3v) is 2.05. The Labute approximate surface area is 123 Å². The van der Waals surface area contributed by atoms with Gasteiger partial charge in [-0.3, -0.25) is 0 Å². The molecule has 0 bridgehead atoms. The van der Waals surface area contributed by atoms with Gasteiger partial charge in [-0.2, -0.15) is 15.0 Å². The van der Waals surface area contributed by atoms with Gasteiger partial charge in [-0.25, -0.2) is 0 Å². The summed E-state index contributed by atoms with van der Waals surface area (Å²) in [5, 5.41) is 25.7. The molecule has 0 aliphatic heterocycles. The molecule has 0 spiro atoms. The Morgan fingerprint density at radius 2 is 1.43 bits per heavy atom. The second kappa shape index (κ2) is 8.57. The van der Waals surface area contributed by atoms with Gasteiger partial charge < -0.3 is 37.0 Å². The van der Waals surface area contributed by atoms with E-state index in [4.69, 9.17) is 32.4 Å². The van der Waals surface area contributed by atoms with Gasteiger partial charge in [0.2, 0.25) is 17.8 Å². The van der Waals surface area contributed by atoms with Crippen LogP contribution in [-0.2, 0) is 4.65 Å². The zero-order valence-electron chi connectivity index (χ0n) is 12.4. The van der Waals surface area contributed by atoms with E-state index in [1.165, 1.54) is 0 Å². The first kappa shape index (κ1) is 19.3. The Morgan fingerprint density at radius 1 is 1.05 bits per heavy atom. The standard InChI is InChI=1S/C7H17BO4.C3H6N6/c1-7(2,3)4-6(5-9)12-8(10)11;4-1-7-2(5)9-3(6)8-1/h6,9-11H,4-5H2,1-3H3;(H6,4,5,6,7,8,9). The van der Waals surface area contributed by atoms with Crippen molar-refractivity contribution in [2.45, 2.75) is 33.3 Å². The summed E-state index contributed by atoms with van der Waals surface area (Å²) in [4.78, 5) is 10.5. The van der Waals surface area contributed by atoms with Crippen LogP contribution in [0.3, 0.4) is 0 Å². The van der Waals surface area contributed by atoms with Crippen molar-refractivity contribution in [3.63, 3.8) is 0 Å². The molecular formula is C10H23BN6O4. The highest BCUT2D eigenvalue weighted by Crippen LogP contribution is 2.22. The summed E-state index contributed by atoms with van der Waals surface area (Å²) in [5.41, 5.74) is 15.4. The van der Waals surface area contributed by atoms with Gasteiger partial charge in [-0.05, 0) is 11.8 Å². The Balaban J connectivity index is 0.000000394. The first-order valence-electron chi connectivity index (χ1n) is 6.18. The lowest BCUT2D eigenvalue weighted by Crippen LogP contribution is -2.31. The molecule has 0 radical (unpaired) electrons. The van der Waals surface area contributed by atoms with Gasteiger partial charge in [0.1, 0.15) is 0 Å². The molecule has 10 nitrogen and oxygen atoms in total. The van der Waals surface area contributed by atoms with Crippen molar-refractivity contribution in [3.8, 4) is 0 Å². The van der Waals surface area contributed by atoms with Gasteiger partial charge in [0, 0.05) is 0 Å². The second-order valence-electron chi connectivity index (χ2n) is 5.44. The van der Waals surface area contributed by atoms with E-state index in [0.717, 1.165) is 0 Å². The van der Waals surface area contributed by atoms with Crippen LogP contribution in [0.25, 0.3) is 0 Å². The fraction of sp³-hybridized carbons (Fsp3) is 0.700. The first-order valence-corrected chi connectivity index (χ1v) is 6.18. The molecule has 1 aromatic heterocycles. The smallest absolute Gasteiger partial charge is 0.402 e. The number of nitrogen functional groups attached to an aromatic ring is 3.